The molecule has 180 valence electrons. The topological polar surface area (TPSA) is 130 Å². The van der Waals surface area contributed by atoms with E-state index in [0.717, 1.165) is 31.7 Å². The first-order chi connectivity index (χ1) is 16.8. The summed E-state index contributed by atoms with van der Waals surface area (Å²) in [5, 5.41) is 10.3. The van der Waals surface area contributed by atoms with Gasteiger partial charge in [-0.15, -0.1) is 0 Å². The number of fused-ring (bicyclic) bond motifs is 1. The Balaban J connectivity index is 1.40. The number of amides is 1. The second-order valence-corrected chi connectivity index (χ2v) is 10.3. The summed E-state index contributed by atoms with van der Waals surface area (Å²) < 4.78 is 41.8. The van der Waals surface area contributed by atoms with Gasteiger partial charge in [-0.3, -0.25) is 14.6 Å². The number of carbonyl (C=O) groups excluding carboxylic acids is 1. The SMILES string of the molecule is Cc1ccc(F)c(S(=O)(=O)Nc2ccc(-c3cnc4c(C5(NC=O)CCCC5)n[nH]c4n3)cc2)c1. The highest BCUT2D eigenvalue weighted by Crippen LogP contribution is 2.39. The van der Waals surface area contributed by atoms with Gasteiger partial charge in [0.25, 0.3) is 10.0 Å². The number of hydrogen-bond donors (Lipinski definition) is 3. The van der Waals surface area contributed by atoms with E-state index in [-0.39, 0.29) is 5.69 Å². The molecular weight excluding hydrogens is 471 g/mol. The first kappa shape index (κ1) is 22.9. The molecule has 1 aliphatic carbocycles. The van der Waals surface area contributed by atoms with Crippen LogP contribution in [0, 0.1) is 12.7 Å². The standard InChI is InChI=1S/C24H23FN6O3S/c1-15-4-9-18(25)20(12-15)35(33,34)31-17-7-5-16(6-8-17)19-13-26-21-22(29-30-23(21)28-19)24(27-14-32)10-2-3-11-24/h4-9,12-14,31H,2-3,10-11H2,1H3,(H,27,32)(H,28,29,30). The summed E-state index contributed by atoms with van der Waals surface area (Å²) in [6.07, 6.45) is 5.89. The summed E-state index contributed by atoms with van der Waals surface area (Å²) in [7, 11) is -4.09. The van der Waals surface area contributed by atoms with Gasteiger partial charge in [-0.1, -0.05) is 31.0 Å². The van der Waals surface area contributed by atoms with Crippen LogP contribution in [0.3, 0.4) is 0 Å². The summed E-state index contributed by atoms with van der Waals surface area (Å²) in [5.74, 6) is -0.815. The molecule has 11 heteroatoms. The number of hydrogen-bond acceptors (Lipinski definition) is 6. The minimum absolute atomic E-state index is 0.288. The summed E-state index contributed by atoms with van der Waals surface area (Å²) in [4.78, 5) is 20.0. The van der Waals surface area contributed by atoms with Crippen molar-refractivity contribution in [2.24, 2.45) is 0 Å². The Morgan fingerprint density at radius 1 is 1.11 bits per heavy atom. The number of halogens is 1. The monoisotopic (exact) mass is 494 g/mol. The average molecular weight is 495 g/mol. The van der Waals surface area contributed by atoms with Gasteiger partial charge in [-0.25, -0.2) is 22.8 Å². The van der Waals surface area contributed by atoms with Gasteiger partial charge >= 0.3 is 0 Å². The molecule has 5 rings (SSSR count). The summed E-state index contributed by atoms with van der Waals surface area (Å²) in [6, 6.07) is 10.5. The zero-order chi connectivity index (χ0) is 24.6. The van der Waals surface area contributed by atoms with Crippen LogP contribution in [0.5, 0.6) is 0 Å². The summed E-state index contributed by atoms with van der Waals surface area (Å²) in [5.41, 5.74) is 3.45. The van der Waals surface area contributed by atoms with Crippen LogP contribution in [-0.4, -0.2) is 35.0 Å². The lowest BCUT2D eigenvalue weighted by Gasteiger charge is -2.26. The number of H-pyrrole nitrogens is 1. The van der Waals surface area contributed by atoms with Gasteiger partial charge in [-0.2, -0.15) is 5.10 Å². The maximum atomic E-state index is 14.1. The van der Waals surface area contributed by atoms with E-state index < -0.39 is 26.3 Å². The molecule has 1 saturated carbocycles. The molecular formula is C24H23FN6O3S. The Morgan fingerprint density at radius 2 is 1.86 bits per heavy atom. The molecule has 1 aliphatic rings. The molecule has 0 saturated heterocycles. The number of nitrogens with one attached hydrogen (secondary N) is 3. The first-order valence-electron chi connectivity index (χ1n) is 11.1. The van der Waals surface area contributed by atoms with Gasteiger partial charge in [0.15, 0.2) is 5.65 Å². The van der Waals surface area contributed by atoms with E-state index in [1.165, 1.54) is 12.1 Å². The number of carbonyl (C=O) groups is 1. The highest BCUT2D eigenvalue weighted by Gasteiger charge is 2.39. The number of sulfonamides is 1. The van der Waals surface area contributed by atoms with E-state index in [1.54, 1.807) is 37.4 Å². The number of aromatic amines is 1. The molecule has 0 bridgehead atoms. The number of aryl methyl sites for hydroxylation is 1. The van der Waals surface area contributed by atoms with Crippen LogP contribution in [0.25, 0.3) is 22.4 Å². The number of rotatable bonds is 7. The van der Waals surface area contributed by atoms with Crippen molar-refractivity contribution in [3.05, 3.63) is 65.7 Å². The Labute approximate surface area is 201 Å². The van der Waals surface area contributed by atoms with Crippen molar-refractivity contribution in [1.29, 1.82) is 0 Å². The zero-order valence-electron chi connectivity index (χ0n) is 18.9. The molecule has 35 heavy (non-hydrogen) atoms. The molecule has 4 aromatic rings. The van der Waals surface area contributed by atoms with Gasteiger partial charge < -0.3 is 5.32 Å². The molecule has 0 unspecified atom stereocenters. The number of nitrogens with zero attached hydrogens (tertiary/aromatic N) is 3. The Bertz CT molecular complexity index is 1510. The lowest BCUT2D eigenvalue weighted by atomic mass is 9.93. The normalized spacial score (nSPS) is 15.3. The maximum absolute atomic E-state index is 14.1. The van der Waals surface area contributed by atoms with E-state index in [4.69, 9.17) is 0 Å². The molecule has 0 aliphatic heterocycles. The van der Waals surface area contributed by atoms with Crippen LogP contribution in [0.2, 0.25) is 0 Å². The van der Waals surface area contributed by atoms with Gasteiger partial charge in [-0.05, 0) is 49.6 Å². The molecule has 1 amide bonds. The second kappa shape index (κ2) is 8.73. The fraction of sp³-hybridized carbons (Fsp3) is 0.250. The third-order valence-corrected chi connectivity index (χ3v) is 7.72. The second-order valence-electron chi connectivity index (χ2n) is 8.69. The summed E-state index contributed by atoms with van der Waals surface area (Å²) in [6.45, 7) is 1.69. The smallest absolute Gasteiger partial charge is 0.264 e. The molecule has 9 nitrogen and oxygen atoms in total. The summed E-state index contributed by atoms with van der Waals surface area (Å²) >= 11 is 0. The quantitative estimate of drug-likeness (QED) is 0.335. The van der Waals surface area contributed by atoms with Crippen LogP contribution in [-0.2, 0) is 20.4 Å². The Kier molecular flexibility index (Phi) is 5.72. The average Bonchev–Trinajstić information content (AvgIpc) is 3.48. The molecule has 2 heterocycles. The molecule has 0 spiro atoms. The largest absolute Gasteiger partial charge is 0.347 e. The molecule has 1 fully saturated rings. The minimum atomic E-state index is -4.09. The van der Waals surface area contributed by atoms with Crippen molar-refractivity contribution in [2.75, 3.05) is 4.72 Å². The first-order valence-corrected chi connectivity index (χ1v) is 12.6. The van der Waals surface area contributed by atoms with Crippen LogP contribution in [0.15, 0.2) is 53.6 Å². The molecule has 0 atom stereocenters. The van der Waals surface area contributed by atoms with Gasteiger partial charge in [0.2, 0.25) is 6.41 Å². The Morgan fingerprint density at radius 3 is 2.57 bits per heavy atom. The van der Waals surface area contributed by atoms with E-state index >= 15 is 0 Å². The predicted octanol–water partition coefficient (Wildman–Crippen LogP) is 3.78. The lowest BCUT2D eigenvalue weighted by Crippen LogP contribution is -2.39. The van der Waals surface area contributed by atoms with E-state index in [1.807, 2.05) is 0 Å². The minimum Gasteiger partial charge on any atom is -0.347 e. The third kappa shape index (κ3) is 4.23. The van der Waals surface area contributed by atoms with Gasteiger partial charge in [0.1, 0.15) is 21.9 Å². The fourth-order valence-corrected chi connectivity index (χ4v) is 5.77. The predicted molar refractivity (Wildman–Crippen MR) is 128 cm³/mol. The number of anilines is 1. The molecule has 2 aromatic carbocycles. The lowest BCUT2D eigenvalue weighted by molar-refractivity contribution is -0.111. The van der Waals surface area contributed by atoms with Crippen molar-refractivity contribution in [3.63, 3.8) is 0 Å². The molecule has 2 aromatic heterocycles. The van der Waals surface area contributed by atoms with Crippen LogP contribution >= 0.6 is 0 Å². The van der Waals surface area contributed by atoms with E-state index in [0.29, 0.717) is 40.1 Å². The maximum Gasteiger partial charge on any atom is 0.264 e. The molecule has 3 N–H and O–H groups in total. The van der Waals surface area contributed by atoms with Gasteiger partial charge in [0, 0.05) is 11.3 Å². The highest BCUT2D eigenvalue weighted by atomic mass is 32.2. The van der Waals surface area contributed by atoms with Gasteiger partial charge in [0.05, 0.1) is 17.4 Å². The van der Waals surface area contributed by atoms with E-state index in [9.17, 15) is 17.6 Å². The fourth-order valence-electron chi connectivity index (χ4n) is 4.55. The van der Waals surface area contributed by atoms with Crippen molar-refractivity contribution < 1.29 is 17.6 Å². The molecule has 0 radical (unpaired) electrons. The van der Waals surface area contributed by atoms with Crippen molar-refractivity contribution in [3.8, 4) is 11.3 Å². The number of benzene rings is 2. The zero-order valence-corrected chi connectivity index (χ0v) is 19.7. The number of aromatic nitrogens is 4. The van der Waals surface area contributed by atoms with Crippen LogP contribution in [0.4, 0.5) is 10.1 Å². The Hall–Kier alpha value is -3.86. The third-order valence-electron chi connectivity index (χ3n) is 6.33. The van der Waals surface area contributed by atoms with Crippen molar-refractivity contribution in [2.45, 2.75) is 43.0 Å². The van der Waals surface area contributed by atoms with E-state index in [2.05, 4.69) is 30.2 Å². The van der Waals surface area contributed by atoms with Crippen LogP contribution in [0.1, 0.15) is 36.9 Å². The van der Waals surface area contributed by atoms with Crippen molar-refractivity contribution >= 4 is 33.3 Å². The van der Waals surface area contributed by atoms with Crippen molar-refractivity contribution in [1.82, 2.24) is 25.5 Å². The highest BCUT2D eigenvalue weighted by molar-refractivity contribution is 7.92. The van der Waals surface area contributed by atoms with Crippen LogP contribution < -0.4 is 10.0 Å².